The highest BCUT2D eigenvalue weighted by molar-refractivity contribution is 5.72. The Kier molecular flexibility index (Phi) is 11.3. The molecule has 1 N–H and O–H groups in total. The number of carbonyl (C=O) groups excluding carboxylic acids is 1. The number of rotatable bonds is 3. The fourth-order valence-electron chi connectivity index (χ4n) is 0.537. The Balaban J connectivity index is 0. The van der Waals surface area contributed by atoms with Crippen LogP contribution in [0, 0.1) is 5.92 Å². The average Bonchev–Trinajstić information content (AvgIpc) is 1.90. The summed E-state index contributed by atoms with van der Waals surface area (Å²) in [5, 5.41) is 2.74. The lowest BCUT2D eigenvalue weighted by atomic mass is 10.1. The molecule has 0 atom stereocenters. The Morgan fingerprint density at radius 1 is 1.36 bits per heavy atom. The van der Waals surface area contributed by atoms with E-state index < -0.39 is 0 Å². The smallest absolute Gasteiger partial charge is 0.216 e. The van der Waals surface area contributed by atoms with Crippen LogP contribution >= 0.6 is 0 Å². The fraction of sp³-hybridized carbons (Fsp3) is 0.889. The Morgan fingerprint density at radius 3 is 2.09 bits per heavy atom. The molecular formula is C9H21NO. The topological polar surface area (TPSA) is 29.1 Å². The van der Waals surface area contributed by atoms with Gasteiger partial charge in [-0.2, -0.15) is 0 Å². The van der Waals surface area contributed by atoms with E-state index in [1.807, 2.05) is 13.8 Å². The first-order chi connectivity index (χ1) is 5.13. The van der Waals surface area contributed by atoms with Gasteiger partial charge in [-0.05, 0) is 12.3 Å². The first-order valence-electron chi connectivity index (χ1n) is 4.37. The summed E-state index contributed by atoms with van der Waals surface area (Å²) >= 11 is 0. The highest BCUT2D eigenvalue weighted by atomic mass is 16.1. The highest BCUT2D eigenvalue weighted by Crippen LogP contribution is 1.95. The van der Waals surface area contributed by atoms with Crippen molar-refractivity contribution in [2.24, 2.45) is 5.92 Å². The van der Waals surface area contributed by atoms with Crippen molar-refractivity contribution in [2.75, 3.05) is 6.54 Å². The molecule has 0 aromatic rings. The SMILES string of the molecule is CC.CC(=O)NCCC(C)C. The largest absolute Gasteiger partial charge is 0.356 e. The minimum atomic E-state index is 0.0654. The van der Waals surface area contributed by atoms with E-state index in [9.17, 15) is 4.79 Å². The van der Waals surface area contributed by atoms with E-state index in [1.165, 1.54) is 0 Å². The lowest BCUT2D eigenvalue weighted by Crippen LogP contribution is -2.21. The van der Waals surface area contributed by atoms with Crippen molar-refractivity contribution < 1.29 is 4.79 Å². The predicted octanol–water partition coefficient (Wildman–Crippen LogP) is 2.19. The van der Waals surface area contributed by atoms with Crippen LogP contribution in [0.2, 0.25) is 0 Å². The number of amides is 1. The second kappa shape index (κ2) is 9.47. The molecule has 2 heteroatoms. The summed E-state index contributed by atoms with van der Waals surface area (Å²) in [6.45, 7) is 10.6. The average molecular weight is 159 g/mol. The first kappa shape index (κ1) is 13.1. The van der Waals surface area contributed by atoms with E-state index in [-0.39, 0.29) is 5.91 Å². The Hall–Kier alpha value is -0.530. The molecule has 0 aliphatic rings. The fourth-order valence-corrected chi connectivity index (χ4v) is 0.537. The number of hydrogen-bond acceptors (Lipinski definition) is 1. The molecule has 0 saturated carbocycles. The van der Waals surface area contributed by atoms with Gasteiger partial charge in [0.25, 0.3) is 0 Å². The van der Waals surface area contributed by atoms with E-state index in [0.29, 0.717) is 5.92 Å². The minimum Gasteiger partial charge on any atom is -0.356 e. The predicted molar refractivity (Wildman–Crippen MR) is 49.5 cm³/mol. The molecule has 2 nitrogen and oxygen atoms in total. The second-order valence-electron chi connectivity index (χ2n) is 2.67. The molecular weight excluding hydrogens is 138 g/mol. The molecule has 0 unspecified atom stereocenters. The van der Waals surface area contributed by atoms with E-state index in [2.05, 4.69) is 19.2 Å². The molecule has 0 aromatic carbocycles. The zero-order chi connectivity index (χ0) is 9.28. The van der Waals surface area contributed by atoms with Gasteiger partial charge in [0.15, 0.2) is 0 Å². The molecule has 68 valence electrons. The molecule has 0 fully saturated rings. The molecule has 11 heavy (non-hydrogen) atoms. The van der Waals surface area contributed by atoms with E-state index in [1.54, 1.807) is 6.92 Å². The van der Waals surface area contributed by atoms with Crippen LogP contribution in [0.5, 0.6) is 0 Å². The third kappa shape index (κ3) is 17.7. The molecule has 0 heterocycles. The van der Waals surface area contributed by atoms with Crippen molar-refractivity contribution in [3.63, 3.8) is 0 Å². The highest BCUT2D eigenvalue weighted by Gasteiger charge is 1.93. The summed E-state index contributed by atoms with van der Waals surface area (Å²) in [7, 11) is 0. The van der Waals surface area contributed by atoms with Crippen molar-refractivity contribution in [3.05, 3.63) is 0 Å². The second-order valence-corrected chi connectivity index (χ2v) is 2.67. The molecule has 0 rings (SSSR count). The molecule has 1 amide bonds. The van der Waals surface area contributed by atoms with Crippen LogP contribution in [0.15, 0.2) is 0 Å². The van der Waals surface area contributed by atoms with Gasteiger partial charge in [0.1, 0.15) is 0 Å². The molecule has 0 aliphatic heterocycles. The van der Waals surface area contributed by atoms with Gasteiger partial charge in [-0.1, -0.05) is 27.7 Å². The van der Waals surface area contributed by atoms with Crippen LogP contribution < -0.4 is 5.32 Å². The molecule has 0 bridgehead atoms. The normalized spacial score (nSPS) is 8.55. The van der Waals surface area contributed by atoms with Gasteiger partial charge in [-0.15, -0.1) is 0 Å². The Bertz CT molecular complexity index is 89.6. The van der Waals surface area contributed by atoms with Gasteiger partial charge in [0, 0.05) is 13.5 Å². The lowest BCUT2D eigenvalue weighted by molar-refractivity contribution is -0.118. The van der Waals surface area contributed by atoms with Crippen LogP contribution in [-0.4, -0.2) is 12.5 Å². The third-order valence-corrected chi connectivity index (χ3v) is 1.10. The van der Waals surface area contributed by atoms with E-state index >= 15 is 0 Å². The van der Waals surface area contributed by atoms with Crippen molar-refractivity contribution in [1.82, 2.24) is 5.32 Å². The molecule has 0 radical (unpaired) electrons. The zero-order valence-electron chi connectivity index (χ0n) is 8.40. The number of carbonyl (C=O) groups is 1. The quantitative estimate of drug-likeness (QED) is 0.672. The van der Waals surface area contributed by atoms with Gasteiger partial charge in [0.2, 0.25) is 5.91 Å². The van der Waals surface area contributed by atoms with Crippen molar-refractivity contribution in [3.8, 4) is 0 Å². The molecule has 0 spiro atoms. The standard InChI is InChI=1S/C7H15NO.C2H6/c1-6(2)4-5-8-7(3)9;1-2/h6H,4-5H2,1-3H3,(H,8,9);1-2H3. The first-order valence-corrected chi connectivity index (χ1v) is 4.37. The summed E-state index contributed by atoms with van der Waals surface area (Å²) in [5.74, 6) is 0.743. The van der Waals surface area contributed by atoms with Crippen LogP contribution in [0.1, 0.15) is 41.0 Å². The molecule has 0 saturated heterocycles. The van der Waals surface area contributed by atoms with Crippen molar-refractivity contribution >= 4 is 5.91 Å². The summed E-state index contributed by atoms with van der Waals surface area (Å²) < 4.78 is 0. The number of nitrogens with one attached hydrogen (secondary N) is 1. The van der Waals surface area contributed by atoms with Gasteiger partial charge in [-0.3, -0.25) is 4.79 Å². The van der Waals surface area contributed by atoms with Gasteiger partial charge < -0.3 is 5.32 Å². The third-order valence-electron chi connectivity index (χ3n) is 1.10. The monoisotopic (exact) mass is 159 g/mol. The Morgan fingerprint density at radius 2 is 1.82 bits per heavy atom. The lowest BCUT2D eigenvalue weighted by Gasteiger charge is -2.03. The summed E-state index contributed by atoms with van der Waals surface area (Å²) in [4.78, 5) is 10.3. The van der Waals surface area contributed by atoms with E-state index in [4.69, 9.17) is 0 Å². The summed E-state index contributed by atoms with van der Waals surface area (Å²) in [6, 6.07) is 0. The maximum atomic E-state index is 10.3. The van der Waals surface area contributed by atoms with Gasteiger partial charge in [-0.25, -0.2) is 0 Å². The zero-order valence-corrected chi connectivity index (χ0v) is 8.40. The van der Waals surface area contributed by atoms with Gasteiger partial charge in [0.05, 0.1) is 0 Å². The van der Waals surface area contributed by atoms with Crippen molar-refractivity contribution in [1.29, 1.82) is 0 Å². The minimum absolute atomic E-state index is 0.0654. The van der Waals surface area contributed by atoms with Crippen LogP contribution in [0.4, 0.5) is 0 Å². The van der Waals surface area contributed by atoms with Crippen LogP contribution in [0.25, 0.3) is 0 Å². The van der Waals surface area contributed by atoms with E-state index in [0.717, 1.165) is 13.0 Å². The molecule has 0 aromatic heterocycles. The number of hydrogen-bond donors (Lipinski definition) is 1. The van der Waals surface area contributed by atoms with Crippen LogP contribution in [0.3, 0.4) is 0 Å². The van der Waals surface area contributed by atoms with Gasteiger partial charge >= 0.3 is 0 Å². The summed E-state index contributed by atoms with van der Waals surface area (Å²) in [5.41, 5.74) is 0. The molecule has 0 aliphatic carbocycles. The summed E-state index contributed by atoms with van der Waals surface area (Å²) in [6.07, 6.45) is 1.07. The maximum Gasteiger partial charge on any atom is 0.216 e. The van der Waals surface area contributed by atoms with Crippen LogP contribution in [-0.2, 0) is 4.79 Å². The van der Waals surface area contributed by atoms with Crippen molar-refractivity contribution in [2.45, 2.75) is 41.0 Å². The Labute approximate surface area is 70.4 Å². The maximum absolute atomic E-state index is 10.3.